The van der Waals surface area contributed by atoms with Crippen LogP contribution in [0.5, 0.6) is 0 Å². The van der Waals surface area contributed by atoms with Crippen molar-refractivity contribution in [3.05, 3.63) is 11.6 Å². The number of carbonyl (C=O) groups is 1. The van der Waals surface area contributed by atoms with E-state index in [1.165, 1.54) is 5.57 Å². The molecule has 1 saturated heterocycles. The molecule has 17 heavy (non-hydrogen) atoms. The monoisotopic (exact) mass is 240 g/mol. The maximum Gasteiger partial charge on any atom is 0.320 e. The third-order valence-electron chi connectivity index (χ3n) is 3.20. The Morgan fingerprint density at radius 1 is 1.47 bits per heavy atom. The topological polar surface area (TPSA) is 52.6 Å². The molecule has 1 fully saturated rings. The highest BCUT2D eigenvalue weighted by molar-refractivity contribution is 5.72. The maximum atomic E-state index is 10.7. The van der Waals surface area contributed by atoms with Gasteiger partial charge in [-0.3, -0.25) is 9.69 Å². The first-order valence-corrected chi connectivity index (χ1v) is 6.33. The van der Waals surface area contributed by atoms with Gasteiger partial charge in [-0.2, -0.15) is 0 Å². The number of aliphatic carboxylic acids is 1. The van der Waals surface area contributed by atoms with E-state index in [1.807, 2.05) is 0 Å². The molecule has 2 N–H and O–H groups in total. The summed E-state index contributed by atoms with van der Waals surface area (Å²) in [5.74, 6) is -0.767. The smallest absolute Gasteiger partial charge is 0.320 e. The van der Waals surface area contributed by atoms with Crippen molar-refractivity contribution in [2.45, 2.75) is 45.7 Å². The molecule has 0 saturated carbocycles. The van der Waals surface area contributed by atoms with Gasteiger partial charge in [-0.15, -0.1) is 0 Å². The fraction of sp³-hybridized carbons (Fsp3) is 0.769. The molecule has 1 rings (SSSR count). The number of hydrogen-bond acceptors (Lipinski definition) is 3. The van der Waals surface area contributed by atoms with E-state index in [1.54, 1.807) is 6.92 Å². The van der Waals surface area contributed by atoms with Gasteiger partial charge in [0, 0.05) is 12.6 Å². The van der Waals surface area contributed by atoms with Crippen LogP contribution in [0.2, 0.25) is 0 Å². The Morgan fingerprint density at radius 2 is 2.06 bits per heavy atom. The van der Waals surface area contributed by atoms with E-state index in [0.29, 0.717) is 6.04 Å². The van der Waals surface area contributed by atoms with Gasteiger partial charge in [0.25, 0.3) is 0 Å². The summed E-state index contributed by atoms with van der Waals surface area (Å²) < 4.78 is 0. The summed E-state index contributed by atoms with van der Waals surface area (Å²) in [6.45, 7) is 9.05. The van der Waals surface area contributed by atoms with Crippen molar-refractivity contribution in [3.63, 3.8) is 0 Å². The fourth-order valence-electron chi connectivity index (χ4n) is 2.02. The van der Waals surface area contributed by atoms with Crippen molar-refractivity contribution in [2.75, 3.05) is 19.6 Å². The number of rotatable bonds is 5. The molecule has 0 radical (unpaired) electrons. The Hall–Kier alpha value is -0.870. The molecule has 0 bridgehead atoms. The van der Waals surface area contributed by atoms with Crippen LogP contribution in [-0.2, 0) is 4.79 Å². The first kappa shape index (κ1) is 14.2. The van der Waals surface area contributed by atoms with Gasteiger partial charge in [0.1, 0.15) is 6.04 Å². The lowest BCUT2D eigenvalue weighted by molar-refractivity contribution is -0.139. The van der Waals surface area contributed by atoms with Crippen LogP contribution in [0.25, 0.3) is 0 Å². The van der Waals surface area contributed by atoms with Crippen molar-refractivity contribution >= 4 is 5.97 Å². The van der Waals surface area contributed by atoms with E-state index in [0.717, 1.165) is 32.5 Å². The van der Waals surface area contributed by atoms with Crippen LogP contribution in [0.3, 0.4) is 0 Å². The third-order valence-corrected chi connectivity index (χ3v) is 3.20. The first-order valence-electron chi connectivity index (χ1n) is 6.33. The van der Waals surface area contributed by atoms with E-state index < -0.39 is 12.0 Å². The van der Waals surface area contributed by atoms with E-state index in [2.05, 4.69) is 30.1 Å². The van der Waals surface area contributed by atoms with Crippen LogP contribution >= 0.6 is 0 Å². The Morgan fingerprint density at radius 3 is 2.53 bits per heavy atom. The zero-order valence-corrected chi connectivity index (χ0v) is 11.1. The van der Waals surface area contributed by atoms with Crippen LogP contribution in [0, 0.1) is 0 Å². The highest BCUT2D eigenvalue weighted by Gasteiger charge is 2.21. The van der Waals surface area contributed by atoms with Crippen molar-refractivity contribution in [1.29, 1.82) is 0 Å². The molecule has 0 amide bonds. The minimum absolute atomic E-state index is 0.351. The summed E-state index contributed by atoms with van der Waals surface area (Å²) in [4.78, 5) is 13.1. The number of nitrogens with zero attached hydrogens (tertiary/aromatic N) is 1. The minimum atomic E-state index is -0.767. The number of piperidine rings is 1. The molecule has 1 aliphatic rings. The molecule has 0 aromatic rings. The average Bonchev–Trinajstić information content (AvgIpc) is 2.28. The van der Waals surface area contributed by atoms with Gasteiger partial charge in [-0.25, -0.2) is 0 Å². The van der Waals surface area contributed by atoms with E-state index in [4.69, 9.17) is 5.11 Å². The van der Waals surface area contributed by atoms with Crippen molar-refractivity contribution < 1.29 is 9.90 Å². The second-order valence-electron chi connectivity index (χ2n) is 5.08. The standard InChI is InChI=1S/C13H24N2O2/c1-10(2)4-7-15-8-5-12(6-9-15)14-11(3)13(16)17/h4,11-12,14H,5-9H2,1-3H3,(H,16,17)/t11-/m1/s1. The number of nitrogens with one attached hydrogen (secondary N) is 1. The number of carboxylic acid groups (broad SMARTS) is 1. The molecular formula is C13H24N2O2. The summed E-state index contributed by atoms with van der Waals surface area (Å²) in [7, 11) is 0. The van der Waals surface area contributed by atoms with Crippen LogP contribution in [0.15, 0.2) is 11.6 Å². The van der Waals surface area contributed by atoms with Gasteiger partial charge in [0.05, 0.1) is 0 Å². The van der Waals surface area contributed by atoms with Gasteiger partial charge in [-0.05, 0) is 46.7 Å². The number of carboxylic acids is 1. The highest BCUT2D eigenvalue weighted by atomic mass is 16.4. The molecule has 1 heterocycles. The molecule has 98 valence electrons. The Kier molecular flexibility index (Phi) is 5.65. The third kappa shape index (κ3) is 5.33. The zero-order chi connectivity index (χ0) is 12.8. The normalized spacial score (nSPS) is 19.9. The Bertz CT molecular complexity index is 277. The van der Waals surface area contributed by atoms with Gasteiger partial charge >= 0.3 is 5.97 Å². The van der Waals surface area contributed by atoms with Gasteiger partial charge in [0.2, 0.25) is 0 Å². The predicted molar refractivity (Wildman–Crippen MR) is 69.1 cm³/mol. The summed E-state index contributed by atoms with van der Waals surface area (Å²) in [6, 6.07) is -0.0895. The molecule has 0 aliphatic carbocycles. The van der Waals surface area contributed by atoms with E-state index in [9.17, 15) is 4.79 Å². The zero-order valence-electron chi connectivity index (χ0n) is 11.1. The lowest BCUT2D eigenvalue weighted by Crippen LogP contribution is -2.47. The molecule has 0 unspecified atom stereocenters. The number of likely N-dealkylation sites (tertiary alicyclic amines) is 1. The van der Waals surface area contributed by atoms with Crippen molar-refractivity contribution in [3.8, 4) is 0 Å². The summed E-state index contributed by atoms with van der Waals surface area (Å²) in [5.41, 5.74) is 1.35. The van der Waals surface area contributed by atoms with Gasteiger partial charge in [-0.1, -0.05) is 11.6 Å². The van der Waals surface area contributed by atoms with Crippen LogP contribution in [0.4, 0.5) is 0 Å². The highest BCUT2D eigenvalue weighted by Crippen LogP contribution is 2.11. The second-order valence-corrected chi connectivity index (χ2v) is 5.08. The summed E-state index contributed by atoms with van der Waals surface area (Å²) >= 11 is 0. The Balaban J connectivity index is 2.26. The molecule has 0 aromatic heterocycles. The van der Waals surface area contributed by atoms with Crippen LogP contribution in [-0.4, -0.2) is 47.7 Å². The van der Waals surface area contributed by atoms with Crippen LogP contribution in [0.1, 0.15) is 33.6 Å². The second kappa shape index (κ2) is 6.77. The minimum Gasteiger partial charge on any atom is -0.480 e. The largest absolute Gasteiger partial charge is 0.480 e. The first-order chi connectivity index (χ1) is 7.99. The van der Waals surface area contributed by atoms with Crippen LogP contribution < -0.4 is 5.32 Å². The molecule has 0 spiro atoms. The molecule has 4 heteroatoms. The van der Waals surface area contributed by atoms with Gasteiger partial charge in [0.15, 0.2) is 0 Å². The lowest BCUT2D eigenvalue weighted by atomic mass is 10.0. The van der Waals surface area contributed by atoms with Crippen molar-refractivity contribution in [1.82, 2.24) is 10.2 Å². The van der Waals surface area contributed by atoms with Crippen molar-refractivity contribution in [2.24, 2.45) is 0 Å². The van der Waals surface area contributed by atoms with Gasteiger partial charge < -0.3 is 10.4 Å². The molecule has 1 aliphatic heterocycles. The summed E-state index contributed by atoms with van der Waals surface area (Å²) in [6.07, 6.45) is 4.32. The molecule has 4 nitrogen and oxygen atoms in total. The molecule has 0 aromatic carbocycles. The SMILES string of the molecule is CC(C)=CCN1CCC(N[C@H](C)C(=O)O)CC1. The number of hydrogen-bond donors (Lipinski definition) is 2. The van der Waals surface area contributed by atoms with E-state index in [-0.39, 0.29) is 0 Å². The summed E-state index contributed by atoms with van der Waals surface area (Å²) in [5, 5.41) is 12.0. The predicted octanol–water partition coefficient (Wildman–Crippen LogP) is 1.48. The molecular weight excluding hydrogens is 216 g/mol. The quantitative estimate of drug-likeness (QED) is 0.715. The Labute approximate surface area is 104 Å². The van der Waals surface area contributed by atoms with E-state index >= 15 is 0 Å². The number of allylic oxidation sites excluding steroid dienone is 1. The average molecular weight is 240 g/mol. The lowest BCUT2D eigenvalue weighted by Gasteiger charge is -2.32. The fourth-order valence-corrected chi connectivity index (χ4v) is 2.02. The molecule has 1 atom stereocenters. The maximum absolute atomic E-state index is 10.7.